The molecule has 2 aliphatic heterocycles. The zero-order valence-electron chi connectivity index (χ0n) is 24.9. The maximum absolute atomic E-state index is 13.3. The number of carbonyl (C=O) groups excluding carboxylic acids is 2. The highest BCUT2D eigenvalue weighted by atomic mass is 16.6. The van der Waals surface area contributed by atoms with Crippen LogP contribution in [0.3, 0.4) is 0 Å². The number of benzene rings is 2. The normalized spacial score (nSPS) is 26.8. The molecule has 0 amide bonds. The molecule has 43 heavy (non-hydrogen) atoms. The lowest BCUT2D eigenvalue weighted by Gasteiger charge is -2.52. The van der Waals surface area contributed by atoms with Crippen molar-refractivity contribution in [2.45, 2.75) is 37.5 Å². The number of phenols is 1. The molecule has 6 atom stereocenters. The van der Waals surface area contributed by atoms with Gasteiger partial charge >= 0.3 is 11.9 Å². The smallest absolute Gasteiger partial charge is 0.331 e. The minimum atomic E-state index is -0.641. The molecule has 6 rings (SSSR count). The molecule has 1 aromatic heterocycles. The highest BCUT2D eigenvalue weighted by Crippen LogP contribution is 2.50. The van der Waals surface area contributed by atoms with Crippen molar-refractivity contribution < 1.29 is 38.4 Å². The van der Waals surface area contributed by atoms with Crippen molar-refractivity contribution >= 4 is 28.9 Å². The summed E-state index contributed by atoms with van der Waals surface area (Å²) in [6.45, 7) is 1.70. The van der Waals surface area contributed by atoms with E-state index in [1.807, 2.05) is 12.1 Å². The summed E-state index contributed by atoms with van der Waals surface area (Å²) >= 11 is 0. The lowest BCUT2D eigenvalue weighted by atomic mass is 9.63. The van der Waals surface area contributed by atoms with Crippen molar-refractivity contribution in [3.8, 4) is 17.2 Å². The average molecular weight is 591 g/mol. The largest absolute Gasteiger partial charge is 0.504 e. The highest BCUT2D eigenvalue weighted by molar-refractivity contribution is 5.88. The number of ether oxygens (including phenoxy) is 5. The first-order chi connectivity index (χ1) is 20.8. The number of hydrogen-bond donors (Lipinski definition) is 2. The van der Waals surface area contributed by atoms with Crippen LogP contribution in [-0.4, -0.2) is 80.7 Å². The van der Waals surface area contributed by atoms with E-state index in [0.29, 0.717) is 17.7 Å². The fourth-order valence-electron chi connectivity index (χ4n) is 7.52. The molecule has 10 nitrogen and oxygen atoms in total. The van der Waals surface area contributed by atoms with Gasteiger partial charge in [0.05, 0.1) is 33.3 Å². The summed E-state index contributed by atoms with van der Waals surface area (Å²) in [5, 5.41) is 11.3. The fraction of sp³-hybridized carbons (Fsp3) is 0.455. The van der Waals surface area contributed by atoms with Gasteiger partial charge in [-0.05, 0) is 72.6 Å². The van der Waals surface area contributed by atoms with Gasteiger partial charge < -0.3 is 33.8 Å². The molecule has 0 bridgehead atoms. The monoisotopic (exact) mass is 590 g/mol. The first-order valence-electron chi connectivity index (χ1n) is 14.6. The molecule has 2 N–H and O–H groups in total. The van der Waals surface area contributed by atoms with Crippen LogP contribution in [-0.2, 0) is 30.2 Å². The Morgan fingerprint density at radius 2 is 1.88 bits per heavy atom. The maximum atomic E-state index is 13.3. The van der Waals surface area contributed by atoms with Crippen molar-refractivity contribution in [3.05, 3.63) is 59.3 Å². The van der Waals surface area contributed by atoms with Crippen LogP contribution in [0.15, 0.2) is 42.5 Å². The van der Waals surface area contributed by atoms with Crippen molar-refractivity contribution in [1.82, 2.24) is 9.88 Å². The van der Waals surface area contributed by atoms with Crippen molar-refractivity contribution in [2.24, 2.45) is 17.8 Å². The molecule has 0 spiro atoms. The average Bonchev–Trinajstić information content (AvgIpc) is 3.40. The van der Waals surface area contributed by atoms with Gasteiger partial charge in [0.15, 0.2) is 11.5 Å². The standard InChI is InChI=1S/C33H38N2O8/c1-39-20-7-8-21-22-11-12-35-17-19-14-28(43-29(37)10-6-18-5-9-27(40-2)26(36)13-18)32(41-3)30(33(38)42-4)23(19)16-25(35)31(22)34-24(21)15-20/h5-10,13,15,19,23,25,28,30,32,34,36H,11-12,14,16-17H2,1-4H3/t19-,23+,25-,28-,30+,32+/m1/s1. The summed E-state index contributed by atoms with van der Waals surface area (Å²) < 4.78 is 27.6. The Labute approximate surface area is 250 Å². The lowest BCUT2D eigenvalue weighted by Crippen LogP contribution is -2.58. The van der Waals surface area contributed by atoms with E-state index in [0.717, 1.165) is 37.2 Å². The third-order valence-electron chi connectivity index (χ3n) is 9.48. The van der Waals surface area contributed by atoms with E-state index in [2.05, 4.69) is 16.0 Å². The van der Waals surface area contributed by atoms with Gasteiger partial charge in [-0.15, -0.1) is 0 Å². The van der Waals surface area contributed by atoms with Crippen molar-refractivity contribution in [2.75, 3.05) is 41.5 Å². The van der Waals surface area contributed by atoms with Gasteiger partial charge in [-0.2, -0.15) is 0 Å². The van der Waals surface area contributed by atoms with E-state index in [9.17, 15) is 14.7 Å². The Balaban J connectivity index is 1.24. The Kier molecular flexibility index (Phi) is 8.07. The predicted octanol–water partition coefficient (Wildman–Crippen LogP) is 4.26. The molecule has 0 unspecified atom stereocenters. The number of piperidine rings is 1. The Bertz CT molecular complexity index is 1550. The second-order valence-electron chi connectivity index (χ2n) is 11.6. The third-order valence-corrected chi connectivity index (χ3v) is 9.48. The van der Waals surface area contributed by atoms with E-state index in [4.69, 9.17) is 23.7 Å². The molecular formula is C33H38N2O8. The SMILES string of the molecule is COC(=O)[C@H]1[C@H]2C[C@@H]3c4[nH]c5cc(OC)ccc5c4CCN3C[C@H]2C[C@@H](OC(=O)C=Cc2ccc(OC)c(O)c2)[C@@H]1OC. The first kappa shape index (κ1) is 29.1. The number of hydrogen-bond acceptors (Lipinski definition) is 9. The number of aromatic amines is 1. The van der Waals surface area contributed by atoms with Crippen molar-refractivity contribution in [3.63, 3.8) is 0 Å². The number of esters is 2. The topological polar surface area (TPSA) is 120 Å². The van der Waals surface area contributed by atoms with E-state index in [1.54, 1.807) is 32.4 Å². The number of nitrogens with zero attached hydrogens (tertiary/aromatic N) is 1. The fourth-order valence-corrected chi connectivity index (χ4v) is 7.52. The van der Waals surface area contributed by atoms with Crippen LogP contribution < -0.4 is 9.47 Å². The quantitative estimate of drug-likeness (QED) is 0.307. The second-order valence-corrected chi connectivity index (χ2v) is 11.6. The van der Waals surface area contributed by atoms with Gasteiger partial charge in [-0.1, -0.05) is 6.07 Å². The minimum absolute atomic E-state index is 0.00156. The number of aromatic nitrogens is 1. The van der Waals surface area contributed by atoms with Crippen LogP contribution in [0.1, 0.15) is 35.7 Å². The van der Waals surface area contributed by atoms with Crippen LogP contribution in [0.25, 0.3) is 17.0 Å². The molecule has 2 aromatic carbocycles. The summed E-state index contributed by atoms with van der Waals surface area (Å²) in [7, 11) is 6.09. The van der Waals surface area contributed by atoms with E-state index >= 15 is 0 Å². The number of carbonyl (C=O) groups is 2. The molecule has 228 valence electrons. The van der Waals surface area contributed by atoms with Crippen LogP contribution >= 0.6 is 0 Å². The van der Waals surface area contributed by atoms with Crippen LogP contribution in [0.5, 0.6) is 17.2 Å². The van der Waals surface area contributed by atoms with Crippen LogP contribution in [0, 0.1) is 17.8 Å². The van der Waals surface area contributed by atoms with Gasteiger partial charge in [0.25, 0.3) is 0 Å². The van der Waals surface area contributed by atoms with Crippen LogP contribution in [0.4, 0.5) is 0 Å². The molecule has 0 radical (unpaired) electrons. The molecule has 10 heteroatoms. The number of rotatable bonds is 7. The first-order valence-corrected chi connectivity index (χ1v) is 14.6. The van der Waals surface area contributed by atoms with E-state index in [-0.39, 0.29) is 29.6 Å². The third kappa shape index (κ3) is 5.34. The number of phenolic OH excluding ortho intramolecular Hbond substituents is 1. The number of nitrogens with one attached hydrogen (secondary N) is 1. The summed E-state index contributed by atoms with van der Waals surface area (Å²) in [6, 6.07) is 11.1. The molecule has 1 saturated carbocycles. The highest BCUT2D eigenvalue weighted by Gasteiger charge is 2.54. The Morgan fingerprint density at radius 3 is 2.60 bits per heavy atom. The number of H-pyrrole nitrogens is 1. The minimum Gasteiger partial charge on any atom is -0.504 e. The summed E-state index contributed by atoms with van der Waals surface area (Å²) in [4.78, 5) is 32.4. The summed E-state index contributed by atoms with van der Waals surface area (Å²) in [5.41, 5.74) is 4.21. The zero-order valence-corrected chi connectivity index (χ0v) is 24.9. The van der Waals surface area contributed by atoms with Gasteiger partial charge in [-0.3, -0.25) is 9.69 Å². The van der Waals surface area contributed by atoms with Gasteiger partial charge in [0, 0.05) is 48.9 Å². The number of methoxy groups -OCH3 is 4. The molecular weight excluding hydrogens is 552 g/mol. The van der Waals surface area contributed by atoms with Gasteiger partial charge in [-0.25, -0.2) is 4.79 Å². The van der Waals surface area contributed by atoms with Crippen LogP contribution in [0.2, 0.25) is 0 Å². The van der Waals surface area contributed by atoms with E-state index < -0.39 is 24.1 Å². The van der Waals surface area contributed by atoms with Gasteiger partial charge in [0.1, 0.15) is 18.0 Å². The number of aromatic hydroxyl groups is 1. The predicted molar refractivity (Wildman–Crippen MR) is 159 cm³/mol. The molecule has 3 aromatic rings. The number of fused-ring (bicyclic) bond motifs is 6. The second kappa shape index (κ2) is 11.9. The molecule has 1 saturated heterocycles. The van der Waals surface area contributed by atoms with E-state index in [1.165, 1.54) is 43.0 Å². The zero-order chi connectivity index (χ0) is 30.2. The summed E-state index contributed by atoms with van der Waals surface area (Å²) in [5.74, 6) is -0.221. The Hall–Kier alpha value is -4.02. The Morgan fingerprint density at radius 1 is 1.05 bits per heavy atom. The van der Waals surface area contributed by atoms with Gasteiger partial charge in [0.2, 0.25) is 0 Å². The maximum Gasteiger partial charge on any atom is 0.331 e. The lowest BCUT2D eigenvalue weighted by molar-refractivity contribution is -0.187. The molecule has 3 aliphatic rings. The van der Waals surface area contributed by atoms with Crippen molar-refractivity contribution in [1.29, 1.82) is 0 Å². The molecule has 3 heterocycles. The molecule has 2 fully saturated rings. The summed E-state index contributed by atoms with van der Waals surface area (Å²) in [6.07, 6.45) is 3.91. The molecule has 1 aliphatic carbocycles.